The second kappa shape index (κ2) is 21.9. The monoisotopic (exact) mass is 1320 g/mol. The van der Waals surface area contributed by atoms with Crippen molar-refractivity contribution < 1.29 is 89.4 Å². The highest BCUT2D eigenvalue weighted by Crippen LogP contribution is 2.49. The molecule has 464 valence electrons. The number of primary sulfonamides is 3. The fourth-order valence-electron chi connectivity index (χ4n) is 15.0. The maximum absolute atomic E-state index is 14.2. The van der Waals surface area contributed by atoms with Gasteiger partial charge in [-0.3, -0.25) is 56.2 Å². The van der Waals surface area contributed by atoms with Crippen LogP contribution in [0.2, 0.25) is 0 Å². The third-order valence-electron chi connectivity index (χ3n) is 18.5. The molecule has 9 rings (SSSR count). The Kier molecular flexibility index (Phi) is 17.4. The Balaban J connectivity index is 1.15. The van der Waals surface area contributed by atoms with Crippen LogP contribution in [0.3, 0.4) is 0 Å². The molecule has 0 aromatic rings. The Morgan fingerprint density at radius 3 is 0.938 bits per heavy atom. The zero-order valence-electron chi connectivity index (χ0n) is 42.6. The largest absolute Gasteiger partial charge is 0.286 e. The molecule has 4 saturated carbocycles. The molecular formula is C37H71N13O21S9. The SMILES string of the molecule is CS(=O)(=O)C1CC2C3NC4NC(NC5NC(NC6NC(NC(N3)C2CC1S(=O)(=O)NCCS(=O)(=O)O)C1CC(S(N)(=O)=O)CCC61)C1CC(S(=O)(=O)O)C(S(N)(=O)=O)CC51)C1CC(S(=O)(=O)NCCS(=O)(=O)O)C(S(N)(=O)=O)CC41. The van der Waals surface area contributed by atoms with E-state index in [1.54, 1.807) is 0 Å². The van der Waals surface area contributed by atoms with Crippen molar-refractivity contribution in [2.24, 2.45) is 62.8 Å². The highest BCUT2D eigenvalue weighted by atomic mass is 32.2. The van der Waals surface area contributed by atoms with Crippen molar-refractivity contribution in [3.63, 3.8) is 0 Å². The summed E-state index contributed by atoms with van der Waals surface area (Å²) < 4.78 is 269. The standard InChI is InChI=1S/C37H71N13O21S9/c1-72(51,52)24-9-18-21(12-27(24)78(65,66)41-4-6-73(53,54)55)35-45-31-17-8-15(75(38,59)60)2-3-16(17)30(43-31)44-37-23-14-29(80(69,70)71)26(77(40,63)64)11-20(23)34(50-37)49-36-22-13-28(79(67,68)42-5-7-74(56,57)58)25(76(39,61)62)10-19(22)33(48-36)46-32(18)47-35/h15-37,41-50H,2-14H2,1H3,(H2,38,59,60)(H2,39,61,62)(H2,40,63,64)(H,53,54,55)(H,56,57,58)(H,69,70,71). The zero-order valence-corrected chi connectivity index (χ0v) is 49.9. The highest BCUT2D eigenvalue weighted by molar-refractivity contribution is 7.95. The molecule has 0 aromatic heterocycles. The van der Waals surface area contributed by atoms with Gasteiger partial charge in [0.15, 0.2) is 9.84 Å². The van der Waals surface area contributed by atoms with E-state index in [4.69, 9.17) is 15.4 Å². The third kappa shape index (κ3) is 13.4. The van der Waals surface area contributed by atoms with Crippen LogP contribution >= 0.6 is 0 Å². The Hall–Kier alpha value is -1.09. The molecule has 5 aliphatic heterocycles. The quantitative estimate of drug-likeness (QED) is 0.0677. The van der Waals surface area contributed by atoms with Crippen LogP contribution in [0.15, 0.2) is 0 Å². The lowest BCUT2D eigenvalue weighted by Crippen LogP contribution is -2.61. The van der Waals surface area contributed by atoms with Gasteiger partial charge in [-0.15, -0.1) is 0 Å². The Morgan fingerprint density at radius 1 is 0.362 bits per heavy atom. The van der Waals surface area contributed by atoms with Crippen LogP contribution in [-0.4, -0.2) is 206 Å². The Labute approximate surface area is 466 Å². The molecule has 34 nitrogen and oxygen atoms in total. The third-order valence-corrected chi connectivity index (χ3v) is 31.3. The first-order valence-corrected chi connectivity index (χ1v) is 40.3. The molecule has 8 bridgehead atoms. The van der Waals surface area contributed by atoms with Crippen LogP contribution in [0, 0.1) is 47.3 Å². The Morgan fingerprint density at radius 2 is 0.637 bits per heavy atom. The predicted molar refractivity (Wildman–Crippen MR) is 284 cm³/mol. The maximum atomic E-state index is 14.2. The molecule has 0 amide bonds. The van der Waals surface area contributed by atoms with Gasteiger partial charge >= 0.3 is 0 Å². The summed E-state index contributed by atoms with van der Waals surface area (Å²) >= 11 is 0. The fourth-order valence-corrected chi connectivity index (χ4v) is 27.2. The molecule has 43 heteroatoms. The minimum absolute atomic E-state index is 0.00358. The molecule has 0 radical (unpaired) electrons. The number of nitrogens with two attached hydrogens (primary N) is 3. The van der Waals surface area contributed by atoms with Crippen LogP contribution in [0.5, 0.6) is 0 Å². The number of sulfone groups is 1. The second-order valence-electron chi connectivity index (χ2n) is 23.1. The van der Waals surface area contributed by atoms with Crippen LogP contribution in [0.25, 0.3) is 0 Å². The molecule has 9 fully saturated rings. The van der Waals surface area contributed by atoms with Gasteiger partial charge in [-0.05, 0) is 105 Å². The second-order valence-corrected chi connectivity index (χ2v) is 39.5. The van der Waals surface area contributed by atoms with Crippen molar-refractivity contribution in [3.05, 3.63) is 0 Å². The molecular weight excluding hydrogens is 1250 g/mol. The highest BCUT2D eigenvalue weighted by Gasteiger charge is 2.62. The molecule has 0 aromatic carbocycles. The molecule has 80 heavy (non-hydrogen) atoms. The van der Waals surface area contributed by atoms with E-state index in [9.17, 15) is 89.4 Å². The van der Waals surface area contributed by atoms with Crippen molar-refractivity contribution >= 4 is 90.3 Å². The summed E-state index contributed by atoms with van der Waals surface area (Å²) in [6.45, 7) is -1.67. The fraction of sp³-hybridized carbons (Fsp3) is 1.00. The van der Waals surface area contributed by atoms with E-state index < -0.39 is 280 Å². The minimum Gasteiger partial charge on any atom is -0.286 e. The maximum Gasteiger partial charge on any atom is 0.269 e. The summed E-state index contributed by atoms with van der Waals surface area (Å²) in [7, 11) is -41.9. The van der Waals surface area contributed by atoms with Crippen molar-refractivity contribution in [1.82, 2.24) is 52.0 Å². The van der Waals surface area contributed by atoms with Crippen molar-refractivity contribution in [3.8, 4) is 0 Å². The van der Waals surface area contributed by atoms with Gasteiger partial charge in [-0.2, -0.15) is 25.3 Å². The average Bonchev–Trinajstić information content (AvgIpc) is 4.02. The van der Waals surface area contributed by atoms with Gasteiger partial charge in [0.25, 0.3) is 30.4 Å². The number of hydrogen-bond donors (Lipinski definition) is 16. The lowest BCUT2D eigenvalue weighted by molar-refractivity contribution is 0.169. The summed E-state index contributed by atoms with van der Waals surface area (Å²) in [6, 6.07) is 0. The lowest BCUT2D eigenvalue weighted by atomic mass is 9.76. The van der Waals surface area contributed by atoms with Crippen molar-refractivity contribution in [2.75, 3.05) is 30.9 Å². The summed E-state index contributed by atoms with van der Waals surface area (Å²) in [5.41, 5.74) is 0. The van der Waals surface area contributed by atoms with Gasteiger partial charge in [0.2, 0.25) is 50.1 Å². The Bertz CT molecular complexity index is 3460. The van der Waals surface area contributed by atoms with E-state index in [0.717, 1.165) is 6.26 Å². The predicted octanol–water partition coefficient (Wildman–Crippen LogP) is -9.13. The van der Waals surface area contributed by atoms with Crippen LogP contribution < -0.4 is 67.4 Å². The van der Waals surface area contributed by atoms with Crippen LogP contribution in [-0.2, 0) is 90.3 Å². The van der Waals surface area contributed by atoms with Crippen LogP contribution in [0.4, 0.5) is 0 Å². The molecule has 23 atom stereocenters. The van der Waals surface area contributed by atoms with Gasteiger partial charge in [-0.1, -0.05) is 0 Å². The summed E-state index contributed by atoms with van der Waals surface area (Å²) in [5.74, 6) is -8.30. The normalized spacial score (nSPS) is 43.2. The molecule has 23 unspecified atom stereocenters. The van der Waals surface area contributed by atoms with E-state index in [2.05, 4.69) is 52.0 Å². The van der Waals surface area contributed by atoms with E-state index in [-0.39, 0.29) is 25.7 Å². The van der Waals surface area contributed by atoms with Crippen LogP contribution in [0.1, 0.15) is 57.8 Å². The number of fused-ring (bicyclic) bond motifs is 20. The van der Waals surface area contributed by atoms with Crippen molar-refractivity contribution in [1.29, 1.82) is 0 Å². The first-order valence-electron chi connectivity index (χ1n) is 25.7. The van der Waals surface area contributed by atoms with Gasteiger partial charge in [-0.25, -0.2) is 75.4 Å². The first-order chi connectivity index (χ1) is 36.5. The van der Waals surface area contributed by atoms with Gasteiger partial charge < -0.3 is 0 Å². The molecule has 0 spiro atoms. The van der Waals surface area contributed by atoms with Gasteiger partial charge in [0.1, 0.15) is 5.25 Å². The average molecular weight is 1320 g/mol. The molecule has 9 aliphatic rings. The first kappa shape index (κ1) is 63.4. The van der Waals surface area contributed by atoms with Gasteiger partial charge in [0.05, 0.1) is 92.3 Å². The number of rotatable bonds is 15. The summed E-state index contributed by atoms with van der Waals surface area (Å²) in [5, 5.41) is 33.0. The van der Waals surface area contributed by atoms with Gasteiger partial charge in [0, 0.05) is 19.3 Å². The number of sulfonamides is 5. The lowest BCUT2D eigenvalue weighted by Gasteiger charge is -2.42. The van der Waals surface area contributed by atoms with E-state index >= 15 is 0 Å². The smallest absolute Gasteiger partial charge is 0.269 e. The summed E-state index contributed by atoms with van der Waals surface area (Å²) in [4.78, 5) is 0. The number of nitrogens with one attached hydrogen (secondary N) is 10. The van der Waals surface area contributed by atoms with Crippen molar-refractivity contribution in [2.45, 2.75) is 144 Å². The molecule has 4 aliphatic carbocycles. The van der Waals surface area contributed by atoms with E-state index in [1.807, 2.05) is 0 Å². The molecule has 5 saturated heterocycles. The topological polar surface area (TPSA) is 566 Å². The van der Waals surface area contributed by atoms with E-state index in [1.165, 1.54) is 0 Å². The molecule has 5 heterocycles. The summed E-state index contributed by atoms with van der Waals surface area (Å²) in [6.07, 6.45) is -9.19. The number of hydrogen-bond acceptors (Lipinski definition) is 26. The van der Waals surface area contributed by atoms with E-state index in [0.29, 0.717) is 0 Å². The molecule has 19 N–H and O–H groups in total. The minimum atomic E-state index is -5.10. The zero-order chi connectivity index (χ0) is 59.0.